The van der Waals surface area contributed by atoms with Crippen LogP contribution in [0.15, 0.2) is 30.3 Å². The number of carbonyl (C=O) groups is 2. The van der Waals surface area contributed by atoms with Crippen LogP contribution in [-0.4, -0.2) is 56.0 Å². The van der Waals surface area contributed by atoms with Crippen LogP contribution in [0.5, 0.6) is 5.75 Å². The molecule has 2 N–H and O–H groups in total. The maximum absolute atomic E-state index is 12.2. The van der Waals surface area contributed by atoms with Crippen molar-refractivity contribution >= 4 is 24.2 Å². The summed E-state index contributed by atoms with van der Waals surface area (Å²) < 4.78 is 5.57. The fourth-order valence-corrected chi connectivity index (χ4v) is 2.92. The van der Waals surface area contributed by atoms with Crippen LogP contribution in [0.4, 0.5) is 0 Å². The predicted molar refractivity (Wildman–Crippen MR) is 105 cm³/mol. The Balaban J connectivity index is 0.00000338. The molecule has 0 bridgehead atoms. The molecule has 6 nitrogen and oxygen atoms in total. The number of likely N-dealkylation sites (N-methyl/N-ethyl adjacent to an activating group) is 1. The number of likely N-dealkylation sites (tertiary alicyclic amines) is 1. The van der Waals surface area contributed by atoms with E-state index in [1.165, 1.54) is 0 Å². The van der Waals surface area contributed by atoms with Crippen LogP contribution in [-0.2, 0) is 9.59 Å². The number of nitrogens with zero attached hydrogens (tertiary/aromatic N) is 1. The number of amides is 2. The topological polar surface area (TPSA) is 70.7 Å². The number of ether oxygens (including phenoxy) is 1. The number of rotatable bonds is 9. The lowest BCUT2D eigenvalue weighted by Crippen LogP contribution is -2.44. The molecule has 1 aromatic carbocycles. The fourth-order valence-electron chi connectivity index (χ4n) is 2.92. The number of benzene rings is 1. The highest BCUT2D eigenvalue weighted by Gasteiger charge is 2.26. The van der Waals surface area contributed by atoms with Crippen LogP contribution in [0.3, 0.4) is 0 Å². The van der Waals surface area contributed by atoms with E-state index in [1.54, 1.807) is 0 Å². The molecule has 1 aromatic rings. The normalized spacial score (nSPS) is 14.4. The lowest BCUT2D eigenvalue weighted by Gasteiger charge is -2.31. The van der Waals surface area contributed by atoms with E-state index in [4.69, 9.17) is 4.74 Å². The molecule has 1 saturated heterocycles. The van der Waals surface area contributed by atoms with Crippen molar-refractivity contribution in [2.75, 3.05) is 39.3 Å². The zero-order valence-electron chi connectivity index (χ0n) is 15.4. The quantitative estimate of drug-likeness (QED) is 0.638. The van der Waals surface area contributed by atoms with Gasteiger partial charge in [-0.2, -0.15) is 0 Å². The molecule has 146 valence electrons. The predicted octanol–water partition coefficient (Wildman–Crippen LogP) is 1.84. The Morgan fingerprint density at radius 3 is 2.50 bits per heavy atom. The first-order chi connectivity index (χ1) is 12.2. The van der Waals surface area contributed by atoms with Crippen LogP contribution in [0.1, 0.15) is 26.2 Å². The van der Waals surface area contributed by atoms with E-state index in [0.29, 0.717) is 32.7 Å². The molecular weight excluding hydrogens is 354 g/mol. The second-order valence-corrected chi connectivity index (χ2v) is 6.21. The molecule has 0 saturated carbocycles. The van der Waals surface area contributed by atoms with Crippen molar-refractivity contribution in [2.24, 2.45) is 5.92 Å². The van der Waals surface area contributed by atoms with Crippen LogP contribution < -0.4 is 15.4 Å². The first-order valence-corrected chi connectivity index (χ1v) is 9.14. The number of piperidine rings is 1. The average molecular weight is 384 g/mol. The summed E-state index contributed by atoms with van der Waals surface area (Å²) in [6.45, 7) is 6.08. The molecule has 0 aliphatic carbocycles. The molecule has 7 heteroatoms. The summed E-state index contributed by atoms with van der Waals surface area (Å²) in [4.78, 5) is 26.2. The Morgan fingerprint density at radius 1 is 1.15 bits per heavy atom. The molecule has 0 radical (unpaired) electrons. The van der Waals surface area contributed by atoms with Crippen molar-refractivity contribution in [3.63, 3.8) is 0 Å². The van der Waals surface area contributed by atoms with Crippen molar-refractivity contribution in [1.82, 2.24) is 15.5 Å². The monoisotopic (exact) mass is 383 g/mol. The highest BCUT2D eigenvalue weighted by molar-refractivity contribution is 5.85. The van der Waals surface area contributed by atoms with Gasteiger partial charge < -0.3 is 20.3 Å². The maximum Gasteiger partial charge on any atom is 0.225 e. The van der Waals surface area contributed by atoms with Crippen LogP contribution >= 0.6 is 12.4 Å². The number of para-hydroxylation sites is 1. The van der Waals surface area contributed by atoms with E-state index >= 15 is 0 Å². The van der Waals surface area contributed by atoms with Gasteiger partial charge in [0.2, 0.25) is 11.8 Å². The van der Waals surface area contributed by atoms with Gasteiger partial charge in [-0.15, -0.1) is 12.4 Å². The summed E-state index contributed by atoms with van der Waals surface area (Å²) in [6, 6.07) is 9.50. The third kappa shape index (κ3) is 7.62. The lowest BCUT2D eigenvalue weighted by molar-refractivity contribution is -0.136. The number of nitrogens with one attached hydrogen (secondary N) is 2. The zero-order chi connectivity index (χ0) is 17.9. The first kappa shape index (κ1) is 22.3. The second kappa shape index (κ2) is 12.5. The Kier molecular flexibility index (Phi) is 10.7. The lowest BCUT2D eigenvalue weighted by atomic mass is 9.95. The van der Waals surface area contributed by atoms with E-state index in [1.807, 2.05) is 42.2 Å². The van der Waals surface area contributed by atoms with Gasteiger partial charge in [-0.3, -0.25) is 9.59 Å². The van der Waals surface area contributed by atoms with Gasteiger partial charge in [0.25, 0.3) is 0 Å². The second-order valence-electron chi connectivity index (χ2n) is 6.21. The molecule has 0 unspecified atom stereocenters. The molecule has 2 rings (SSSR count). The van der Waals surface area contributed by atoms with E-state index in [-0.39, 0.29) is 30.1 Å². The number of carbonyl (C=O) groups excluding carboxylic acids is 2. The molecule has 0 atom stereocenters. The summed E-state index contributed by atoms with van der Waals surface area (Å²) in [5.74, 6) is 1.01. The van der Waals surface area contributed by atoms with Gasteiger partial charge in [0.15, 0.2) is 0 Å². The average Bonchev–Trinajstić information content (AvgIpc) is 2.66. The molecule has 0 spiro atoms. The summed E-state index contributed by atoms with van der Waals surface area (Å²) in [7, 11) is 0. The third-order valence-corrected chi connectivity index (χ3v) is 4.40. The smallest absolute Gasteiger partial charge is 0.225 e. The molecular formula is C19H30ClN3O3. The van der Waals surface area contributed by atoms with E-state index in [9.17, 15) is 9.59 Å². The molecule has 0 aromatic heterocycles. The minimum atomic E-state index is 0. The van der Waals surface area contributed by atoms with E-state index in [2.05, 4.69) is 10.6 Å². The van der Waals surface area contributed by atoms with Gasteiger partial charge in [-0.1, -0.05) is 25.1 Å². The summed E-state index contributed by atoms with van der Waals surface area (Å²) in [5, 5.41) is 6.14. The zero-order valence-corrected chi connectivity index (χ0v) is 16.2. The highest BCUT2D eigenvalue weighted by atomic mass is 35.5. The summed E-state index contributed by atoms with van der Waals surface area (Å²) in [6.07, 6.45) is 1.84. The van der Waals surface area contributed by atoms with Crippen molar-refractivity contribution in [3.8, 4) is 5.75 Å². The van der Waals surface area contributed by atoms with Gasteiger partial charge in [0.1, 0.15) is 5.75 Å². The largest absolute Gasteiger partial charge is 0.493 e. The summed E-state index contributed by atoms with van der Waals surface area (Å²) in [5.41, 5.74) is 0. The Hall–Kier alpha value is -1.79. The van der Waals surface area contributed by atoms with Crippen molar-refractivity contribution < 1.29 is 14.3 Å². The molecule has 1 aliphatic heterocycles. The third-order valence-electron chi connectivity index (χ3n) is 4.40. The Labute approximate surface area is 162 Å². The maximum atomic E-state index is 12.2. The van der Waals surface area contributed by atoms with Gasteiger partial charge in [0.05, 0.1) is 13.0 Å². The van der Waals surface area contributed by atoms with E-state index < -0.39 is 0 Å². The number of hydrogen-bond donors (Lipinski definition) is 2. The van der Waals surface area contributed by atoms with Gasteiger partial charge in [-0.25, -0.2) is 0 Å². The Morgan fingerprint density at radius 2 is 1.85 bits per heavy atom. The summed E-state index contributed by atoms with van der Waals surface area (Å²) >= 11 is 0. The first-order valence-electron chi connectivity index (χ1n) is 9.14. The number of halogens is 1. The fraction of sp³-hybridized carbons (Fsp3) is 0.579. The molecule has 26 heavy (non-hydrogen) atoms. The van der Waals surface area contributed by atoms with Gasteiger partial charge in [-0.05, 0) is 31.5 Å². The van der Waals surface area contributed by atoms with Crippen molar-refractivity contribution in [3.05, 3.63) is 30.3 Å². The van der Waals surface area contributed by atoms with Crippen molar-refractivity contribution in [2.45, 2.75) is 26.2 Å². The van der Waals surface area contributed by atoms with Crippen LogP contribution in [0.25, 0.3) is 0 Å². The highest BCUT2D eigenvalue weighted by Crippen LogP contribution is 2.18. The standard InChI is InChI=1S/C19H29N3O3.ClH/c1-2-20-11-12-21-19(24)16-8-13-22(14-9-16)18(23)10-15-25-17-6-4-3-5-7-17;/h3-7,16,20H,2,8-15H2,1H3,(H,21,24);1H. The minimum Gasteiger partial charge on any atom is -0.493 e. The van der Waals surface area contributed by atoms with Crippen LogP contribution in [0, 0.1) is 5.92 Å². The SMILES string of the molecule is CCNCCNC(=O)C1CCN(C(=O)CCOc2ccccc2)CC1.Cl. The Bertz CT molecular complexity index is 534. The molecule has 1 aliphatic rings. The van der Waals surface area contributed by atoms with E-state index in [0.717, 1.165) is 31.7 Å². The van der Waals surface area contributed by atoms with Crippen molar-refractivity contribution in [1.29, 1.82) is 0 Å². The minimum absolute atomic E-state index is 0. The molecule has 2 amide bonds. The van der Waals surface area contributed by atoms with Crippen LogP contribution in [0.2, 0.25) is 0 Å². The number of hydrogen-bond acceptors (Lipinski definition) is 4. The molecule has 1 fully saturated rings. The van der Waals surface area contributed by atoms with Gasteiger partial charge >= 0.3 is 0 Å². The molecule has 1 heterocycles. The van der Waals surface area contributed by atoms with Gasteiger partial charge in [0, 0.05) is 32.1 Å².